The minimum atomic E-state index is 0.821. The van der Waals surface area contributed by atoms with Crippen LogP contribution in [0.2, 0.25) is 0 Å². The summed E-state index contributed by atoms with van der Waals surface area (Å²) in [5.41, 5.74) is 3.75. The summed E-state index contributed by atoms with van der Waals surface area (Å²) in [5, 5.41) is 0. The lowest BCUT2D eigenvalue weighted by Gasteiger charge is -2.12. The maximum Gasteiger partial charge on any atom is 0.130 e. The van der Waals surface area contributed by atoms with Crippen LogP contribution in [0.4, 0.5) is 0 Å². The van der Waals surface area contributed by atoms with Crippen LogP contribution in [0, 0.1) is 20.8 Å². The van der Waals surface area contributed by atoms with E-state index in [4.69, 9.17) is 9.47 Å². The van der Waals surface area contributed by atoms with Crippen molar-refractivity contribution < 1.29 is 9.47 Å². The topological polar surface area (TPSA) is 18.5 Å². The van der Waals surface area contributed by atoms with Gasteiger partial charge in [-0.15, -0.1) is 0 Å². The monoisotopic (exact) mass is 242 g/mol. The summed E-state index contributed by atoms with van der Waals surface area (Å²) in [7, 11) is 1.66. The van der Waals surface area contributed by atoms with Gasteiger partial charge in [0.25, 0.3) is 0 Å². The first-order valence-corrected chi connectivity index (χ1v) is 6.00. The third kappa shape index (κ3) is 2.48. The SMILES string of the molecule is COc1ccc(Oc2ccc(C)c(C)c2C)cc1. The highest BCUT2D eigenvalue weighted by Gasteiger charge is 2.05. The molecular formula is C16H18O2. The predicted octanol–water partition coefficient (Wildman–Crippen LogP) is 4.41. The van der Waals surface area contributed by atoms with Gasteiger partial charge in [0.05, 0.1) is 7.11 Å². The molecule has 0 fully saturated rings. The van der Waals surface area contributed by atoms with Crippen LogP contribution in [0.3, 0.4) is 0 Å². The molecule has 0 atom stereocenters. The molecule has 0 N–H and O–H groups in total. The van der Waals surface area contributed by atoms with Gasteiger partial charge >= 0.3 is 0 Å². The van der Waals surface area contributed by atoms with E-state index in [2.05, 4.69) is 26.8 Å². The zero-order valence-electron chi connectivity index (χ0n) is 11.3. The Morgan fingerprint density at radius 1 is 0.722 bits per heavy atom. The Hall–Kier alpha value is -1.96. The quantitative estimate of drug-likeness (QED) is 0.793. The second kappa shape index (κ2) is 5.13. The van der Waals surface area contributed by atoms with Crippen molar-refractivity contribution in [2.75, 3.05) is 7.11 Å². The van der Waals surface area contributed by atoms with E-state index in [1.807, 2.05) is 30.3 Å². The molecule has 2 heteroatoms. The molecule has 0 unspecified atom stereocenters. The molecule has 0 heterocycles. The van der Waals surface area contributed by atoms with Crippen molar-refractivity contribution in [3.05, 3.63) is 53.1 Å². The maximum absolute atomic E-state index is 5.89. The maximum atomic E-state index is 5.89. The Balaban J connectivity index is 2.25. The molecule has 0 aliphatic heterocycles. The first-order chi connectivity index (χ1) is 8.61. The molecule has 2 rings (SSSR count). The van der Waals surface area contributed by atoms with Crippen molar-refractivity contribution in [1.29, 1.82) is 0 Å². The van der Waals surface area contributed by atoms with Gasteiger partial charge in [0.15, 0.2) is 0 Å². The van der Waals surface area contributed by atoms with E-state index in [0.29, 0.717) is 0 Å². The zero-order valence-corrected chi connectivity index (χ0v) is 11.3. The van der Waals surface area contributed by atoms with Crippen LogP contribution in [0.5, 0.6) is 17.2 Å². The molecule has 0 aromatic heterocycles. The summed E-state index contributed by atoms with van der Waals surface area (Å²) in [4.78, 5) is 0. The van der Waals surface area contributed by atoms with Crippen LogP contribution >= 0.6 is 0 Å². The van der Waals surface area contributed by atoms with Crippen LogP contribution in [0.25, 0.3) is 0 Å². The predicted molar refractivity (Wildman–Crippen MR) is 73.7 cm³/mol. The molecule has 2 aromatic carbocycles. The van der Waals surface area contributed by atoms with Gasteiger partial charge in [0.1, 0.15) is 17.2 Å². The number of methoxy groups -OCH3 is 1. The third-order valence-corrected chi connectivity index (χ3v) is 3.30. The van der Waals surface area contributed by atoms with Crippen molar-refractivity contribution in [3.63, 3.8) is 0 Å². The number of rotatable bonds is 3. The smallest absolute Gasteiger partial charge is 0.130 e. The Bertz CT molecular complexity index is 542. The summed E-state index contributed by atoms with van der Waals surface area (Å²) < 4.78 is 11.0. The fourth-order valence-corrected chi connectivity index (χ4v) is 1.81. The molecule has 0 aliphatic rings. The number of aryl methyl sites for hydroxylation is 1. The number of hydrogen-bond acceptors (Lipinski definition) is 2. The van der Waals surface area contributed by atoms with Crippen molar-refractivity contribution in [2.45, 2.75) is 20.8 Å². The van der Waals surface area contributed by atoms with Gasteiger partial charge in [-0.1, -0.05) is 6.07 Å². The number of ether oxygens (including phenoxy) is 2. The molecule has 0 aliphatic carbocycles. The van der Waals surface area contributed by atoms with E-state index in [1.165, 1.54) is 16.7 Å². The fraction of sp³-hybridized carbons (Fsp3) is 0.250. The molecule has 2 aromatic rings. The van der Waals surface area contributed by atoms with E-state index in [-0.39, 0.29) is 0 Å². The molecule has 94 valence electrons. The molecule has 0 radical (unpaired) electrons. The molecular weight excluding hydrogens is 224 g/mol. The van der Waals surface area contributed by atoms with Crippen LogP contribution in [0.1, 0.15) is 16.7 Å². The van der Waals surface area contributed by atoms with E-state index in [0.717, 1.165) is 17.2 Å². The van der Waals surface area contributed by atoms with Crippen molar-refractivity contribution in [2.24, 2.45) is 0 Å². The first kappa shape index (κ1) is 12.5. The summed E-state index contributed by atoms with van der Waals surface area (Å²) in [6.07, 6.45) is 0. The highest BCUT2D eigenvalue weighted by molar-refractivity contribution is 5.45. The first-order valence-electron chi connectivity index (χ1n) is 6.00. The van der Waals surface area contributed by atoms with Gasteiger partial charge in [0, 0.05) is 0 Å². The summed E-state index contributed by atoms with van der Waals surface area (Å²) in [6, 6.07) is 11.7. The Labute approximate surface area is 108 Å². The van der Waals surface area contributed by atoms with Crippen molar-refractivity contribution in [1.82, 2.24) is 0 Å². The average Bonchev–Trinajstić information content (AvgIpc) is 2.40. The lowest BCUT2D eigenvalue weighted by atomic mass is 10.0. The minimum absolute atomic E-state index is 0.821. The molecule has 0 spiro atoms. The van der Waals surface area contributed by atoms with E-state index >= 15 is 0 Å². The molecule has 18 heavy (non-hydrogen) atoms. The molecule has 0 saturated carbocycles. The van der Waals surface area contributed by atoms with Crippen LogP contribution in [0.15, 0.2) is 36.4 Å². The summed E-state index contributed by atoms with van der Waals surface area (Å²) in [5.74, 6) is 2.56. The highest BCUT2D eigenvalue weighted by atomic mass is 16.5. The molecule has 0 saturated heterocycles. The van der Waals surface area contributed by atoms with Crippen molar-refractivity contribution >= 4 is 0 Å². The van der Waals surface area contributed by atoms with Crippen LogP contribution in [-0.2, 0) is 0 Å². The minimum Gasteiger partial charge on any atom is -0.497 e. The van der Waals surface area contributed by atoms with E-state index in [1.54, 1.807) is 7.11 Å². The molecule has 0 amide bonds. The second-order valence-corrected chi connectivity index (χ2v) is 4.41. The fourth-order valence-electron chi connectivity index (χ4n) is 1.81. The second-order valence-electron chi connectivity index (χ2n) is 4.41. The number of hydrogen-bond donors (Lipinski definition) is 0. The van der Waals surface area contributed by atoms with Gasteiger partial charge in [-0.3, -0.25) is 0 Å². The Morgan fingerprint density at radius 3 is 1.94 bits per heavy atom. The van der Waals surface area contributed by atoms with E-state index < -0.39 is 0 Å². The number of benzene rings is 2. The van der Waals surface area contributed by atoms with Crippen molar-refractivity contribution in [3.8, 4) is 17.2 Å². The molecule has 2 nitrogen and oxygen atoms in total. The van der Waals surface area contributed by atoms with Gasteiger partial charge < -0.3 is 9.47 Å². The third-order valence-electron chi connectivity index (χ3n) is 3.30. The molecule has 0 bridgehead atoms. The average molecular weight is 242 g/mol. The van der Waals surface area contributed by atoms with Crippen LogP contribution < -0.4 is 9.47 Å². The lowest BCUT2D eigenvalue weighted by Crippen LogP contribution is -1.92. The van der Waals surface area contributed by atoms with Gasteiger partial charge in [-0.2, -0.15) is 0 Å². The normalized spacial score (nSPS) is 10.2. The summed E-state index contributed by atoms with van der Waals surface area (Å²) in [6.45, 7) is 6.31. The largest absolute Gasteiger partial charge is 0.497 e. The standard InChI is InChI=1S/C16H18O2/c1-11-5-10-16(13(3)12(11)2)18-15-8-6-14(17-4)7-9-15/h5-10H,1-4H3. The van der Waals surface area contributed by atoms with Gasteiger partial charge in [-0.05, 0) is 67.8 Å². The Morgan fingerprint density at radius 2 is 1.33 bits per heavy atom. The highest BCUT2D eigenvalue weighted by Crippen LogP contribution is 2.29. The Kier molecular flexibility index (Phi) is 3.56. The van der Waals surface area contributed by atoms with E-state index in [9.17, 15) is 0 Å². The lowest BCUT2D eigenvalue weighted by molar-refractivity contribution is 0.412. The van der Waals surface area contributed by atoms with Crippen LogP contribution in [-0.4, -0.2) is 7.11 Å². The van der Waals surface area contributed by atoms with Gasteiger partial charge in [0.2, 0.25) is 0 Å². The summed E-state index contributed by atoms with van der Waals surface area (Å²) >= 11 is 0. The zero-order chi connectivity index (χ0) is 13.1. The van der Waals surface area contributed by atoms with Gasteiger partial charge in [-0.25, -0.2) is 0 Å².